The fourth-order valence-corrected chi connectivity index (χ4v) is 5.42. The van der Waals surface area contributed by atoms with E-state index in [2.05, 4.69) is 13.0 Å². The molecule has 0 bridgehead atoms. The Morgan fingerprint density at radius 3 is 2.10 bits per heavy atom. The fourth-order valence-electron chi connectivity index (χ4n) is 4.10. The molecule has 1 aliphatic rings. The number of carboxylic acids is 2. The molecule has 30 heavy (non-hydrogen) atoms. The normalized spacial score (nSPS) is 22.9. The minimum atomic E-state index is -0.940. The number of carbonyl (C=O) groups is 2. The number of hydrogen-bond donors (Lipinski definition) is 3. The quantitative estimate of drug-likeness (QED) is 0.188. The van der Waals surface area contributed by atoms with Gasteiger partial charge in [0.05, 0.1) is 23.2 Å². The number of aliphatic carboxylic acids is 2. The van der Waals surface area contributed by atoms with Crippen LogP contribution in [0.2, 0.25) is 0 Å². The molecule has 6 heteroatoms. The first-order chi connectivity index (χ1) is 14.4. The van der Waals surface area contributed by atoms with Crippen LogP contribution in [-0.4, -0.2) is 43.9 Å². The minimum absolute atomic E-state index is 0.0705. The van der Waals surface area contributed by atoms with Crippen molar-refractivity contribution in [3.05, 3.63) is 12.2 Å². The molecule has 1 aliphatic carbocycles. The van der Waals surface area contributed by atoms with Gasteiger partial charge in [0.15, 0.2) is 0 Å². The lowest BCUT2D eigenvalue weighted by atomic mass is 9.77. The van der Waals surface area contributed by atoms with Gasteiger partial charge < -0.3 is 15.3 Å². The first-order valence-corrected chi connectivity index (χ1v) is 12.9. The zero-order chi connectivity index (χ0) is 22.2. The molecule has 0 aromatic carbocycles. The van der Waals surface area contributed by atoms with E-state index < -0.39 is 17.5 Å². The van der Waals surface area contributed by atoms with Crippen molar-refractivity contribution in [1.29, 1.82) is 0 Å². The summed E-state index contributed by atoms with van der Waals surface area (Å²) < 4.78 is 0. The van der Waals surface area contributed by atoms with E-state index in [0.717, 1.165) is 12.8 Å². The van der Waals surface area contributed by atoms with E-state index in [1.807, 2.05) is 6.08 Å². The van der Waals surface area contributed by atoms with Crippen LogP contribution in [0.15, 0.2) is 12.2 Å². The molecule has 0 aromatic rings. The van der Waals surface area contributed by atoms with Gasteiger partial charge in [-0.3, -0.25) is 9.59 Å². The first kappa shape index (κ1) is 27.0. The second-order valence-electron chi connectivity index (χ2n) is 8.70. The largest absolute Gasteiger partial charge is 0.481 e. The van der Waals surface area contributed by atoms with E-state index >= 15 is 0 Å². The highest BCUT2D eigenvalue weighted by Gasteiger charge is 2.40. The lowest BCUT2D eigenvalue weighted by Gasteiger charge is -2.39. The molecular formula is C24H42O5S. The van der Waals surface area contributed by atoms with E-state index in [-0.39, 0.29) is 17.6 Å². The first-order valence-electron chi connectivity index (χ1n) is 11.8. The highest BCUT2D eigenvalue weighted by molar-refractivity contribution is 8.00. The monoisotopic (exact) mass is 442 g/mol. The predicted molar refractivity (Wildman–Crippen MR) is 124 cm³/mol. The van der Waals surface area contributed by atoms with Crippen LogP contribution in [0.3, 0.4) is 0 Å². The molecule has 1 unspecified atom stereocenters. The molecule has 1 atom stereocenters. The summed E-state index contributed by atoms with van der Waals surface area (Å²) >= 11 is 1.48. The average molecular weight is 443 g/mol. The van der Waals surface area contributed by atoms with Crippen LogP contribution in [0.1, 0.15) is 103 Å². The van der Waals surface area contributed by atoms with Crippen LogP contribution >= 0.6 is 11.8 Å². The predicted octanol–water partition coefficient (Wildman–Crippen LogP) is 6.05. The van der Waals surface area contributed by atoms with E-state index in [4.69, 9.17) is 5.11 Å². The van der Waals surface area contributed by atoms with E-state index in [1.54, 1.807) is 0 Å². The molecule has 1 saturated carbocycles. The third-order valence-electron chi connectivity index (χ3n) is 6.13. The molecule has 0 aromatic heterocycles. The summed E-state index contributed by atoms with van der Waals surface area (Å²) in [7, 11) is 0. The van der Waals surface area contributed by atoms with Crippen LogP contribution in [0.25, 0.3) is 0 Å². The van der Waals surface area contributed by atoms with Crippen molar-refractivity contribution in [2.24, 2.45) is 5.92 Å². The van der Waals surface area contributed by atoms with Gasteiger partial charge in [0.2, 0.25) is 0 Å². The Labute approximate surface area is 186 Å². The molecule has 0 aliphatic heterocycles. The summed E-state index contributed by atoms with van der Waals surface area (Å²) in [6.45, 7) is 2.24. The van der Waals surface area contributed by atoms with Gasteiger partial charge in [-0.05, 0) is 38.5 Å². The number of allylic oxidation sites excluding steroid dienone is 1. The van der Waals surface area contributed by atoms with Gasteiger partial charge in [-0.25, -0.2) is 0 Å². The lowest BCUT2D eigenvalue weighted by molar-refractivity contribution is -0.144. The molecule has 3 N–H and O–H groups in total. The van der Waals surface area contributed by atoms with Gasteiger partial charge in [-0.1, -0.05) is 70.4 Å². The number of carboxylic acid groups (broad SMARTS) is 2. The van der Waals surface area contributed by atoms with Gasteiger partial charge in [-0.2, -0.15) is 11.8 Å². The van der Waals surface area contributed by atoms with Crippen molar-refractivity contribution in [3.63, 3.8) is 0 Å². The van der Waals surface area contributed by atoms with Gasteiger partial charge in [0.25, 0.3) is 0 Å². The van der Waals surface area contributed by atoms with Crippen LogP contribution in [0, 0.1) is 5.92 Å². The van der Waals surface area contributed by atoms with Gasteiger partial charge >= 0.3 is 11.9 Å². The van der Waals surface area contributed by atoms with Crippen molar-refractivity contribution < 1.29 is 24.9 Å². The molecule has 0 radical (unpaired) electrons. The van der Waals surface area contributed by atoms with E-state index in [0.29, 0.717) is 31.4 Å². The van der Waals surface area contributed by atoms with Gasteiger partial charge in [0.1, 0.15) is 0 Å². The van der Waals surface area contributed by atoms with Crippen LogP contribution < -0.4 is 0 Å². The highest BCUT2D eigenvalue weighted by atomic mass is 32.2. The number of hydrogen-bond acceptors (Lipinski definition) is 4. The standard InChI is InChI=1S/C24H42O5S/c1-2-3-4-5-6-7-8-9-10-11-12-13-21(30-19-16-22(25)26)24(29)17-14-20(15-18-24)23(27)28/h12-13,20-21,29H,2-11,14-19H2,1H3,(H,25,26)(H,27,28). The molecule has 0 spiro atoms. The van der Waals surface area contributed by atoms with E-state index in [9.17, 15) is 19.8 Å². The number of aliphatic hydroxyl groups is 1. The molecule has 1 rings (SSSR count). The van der Waals surface area contributed by atoms with Crippen LogP contribution in [0.5, 0.6) is 0 Å². The van der Waals surface area contributed by atoms with Crippen LogP contribution in [-0.2, 0) is 9.59 Å². The van der Waals surface area contributed by atoms with Gasteiger partial charge in [0, 0.05) is 5.75 Å². The Hall–Kier alpha value is -1.01. The molecule has 174 valence electrons. The minimum Gasteiger partial charge on any atom is -0.481 e. The summed E-state index contributed by atoms with van der Waals surface area (Å²) in [4.78, 5) is 22.1. The Balaban J connectivity index is 2.39. The summed E-state index contributed by atoms with van der Waals surface area (Å²) in [6, 6.07) is 0. The Morgan fingerprint density at radius 2 is 1.57 bits per heavy atom. The van der Waals surface area contributed by atoms with Crippen molar-refractivity contribution in [1.82, 2.24) is 0 Å². The highest BCUT2D eigenvalue weighted by Crippen LogP contribution is 2.40. The second kappa shape index (κ2) is 15.7. The van der Waals surface area contributed by atoms with Crippen molar-refractivity contribution in [3.8, 4) is 0 Å². The molecule has 0 saturated heterocycles. The number of unbranched alkanes of at least 4 members (excludes halogenated alkanes) is 9. The number of rotatable bonds is 17. The molecule has 5 nitrogen and oxygen atoms in total. The van der Waals surface area contributed by atoms with E-state index in [1.165, 1.54) is 63.1 Å². The van der Waals surface area contributed by atoms with Crippen LogP contribution in [0.4, 0.5) is 0 Å². The fraction of sp³-hybridized carbons (Fsp3) is 0.833. The molecule has 0 amide bonds. The Bertz CT molecular complexity index is 512. The average Bonchev–Trinajstić information content (AvgIpc) is 2.70. The zero-order valence-corrected chi connectivity index (χ0v) is 19.5. The van der Waals surface area contributed by atoms with Gasteiger partial charge in [-0.15, -0.1) is 0 Å². The maximum absolute atomic E-state index is 11.2. The third-order valence-corrected chi connectivity index (χ3v) is 7.52. The SMILES string of the molecule is CCCCCCCCCCCC=CC(SCCC(=O)O)C1(O)CCC(C(=O)O)CC1. The summed E-state index contributed by atoms with van der Waals surface area (Å²) in [5.41, 5.74) is -0.940. The van der Waals surface area contributed by atoms with Crippen molar-refractivity contribution >= 4 is 23.7 Å². The lowest BCUT2D eigenvalue weighted by Crippen LogP contribution is -2.44. The molecule has 0 heterocycles. The Kier molecular flexibility index (Phi) is 14.2. The smallest absolute Gasteiger partial charge is 0.306 e. The van der Waals surface area contributed by atoms with Crippen molar-refractivity contribution in [2.75, 3.05) is 5.75 Å². The molecule has 1 fully saturated rings. The summed E-state index contributed by atoms with van der Waals surface area (Å²) in [6.07, 6.45) is 18.7. The topological polar surface area (TPSA) is 94.8 Å². The zero-order valence-electron chi connectivity index (χ0n) is 18.7. The third kappa shape index (κ3) is 11.4. The number of thioether (sulfide) groups is 1. The maximum Gasteiger partial charge on any atom is 0.306 e. The summed E-state index contributed by atoms with van der Waals surface area (Å²) in [5, 5.41) is 29.1. The Morgan fingerprint density at radius 1 is 1.00 bits per heavy atom. The summed E-state index contributed by atoms with van der Waals surface area (Å²) in [5.74, 6) is -1.54. The molecular weight excluding hydrogens is 400 g/mol. The van der Waals surface area contributed by atoms with Crippen molar-refractivity contribution in [2.45, 2.75) is 114 Å². The second-order valence-corrected chi connectivity index (χ2v) is 9.95. The maximum atomic E-state index is 11.2.